The first-order valence-electron chi connectivity index (χ1n) is 11.3. The van der Waals surface area contributed by atoms with Crippen molar-refractivity contribution >= 4 is 23.9 Å². The van der Waals surface area contributed by atoms with E-state index in [-0.39, 0.29) is 10.8 Å². The van der Waals surface area contributed by atoms with E-state index in [2.05, 4.69) is 33.9 Å². The number of methoxy groups -OCH3 is 3. The molecule has 1 unspecified atom stereocenters. The highest BCUT2D eigenvalue weighted by Crippen LogP contribution is 2.41. The van der Waals surface area contributed by atoms with E-state index in [0.717, 1.165) is 0 Å². The fraction of sp³-hybridized carbons (Fsp3) is 0.640. The van der Waals surface area contributed by atoms with Crippen LogP contribution in [-0.2, 0) is 14.3 Å². The molecule has 0 saturated heterocycles. The monoisotopic (exact) mass is 514 g/mol. The van der Waals surface area contributed by atoms with Crippen LogP contribution >= 0.6 is 0 Å². The number of ether oxygens (including phenoxy) is 3. The van der Waals surface area contributed by atoms with Gasteiger partial charge in [0.2, 0.25) is 0 Å². The molecular weight excluding hydrogens is 472 g/mol. The standard InChI is InChI=1S/C25H42O7SSi/c1-16(13-17(2)33(10,27)28)24(32-34(11,12)25(4,5)6)18(3)23(26)22-20(30-8)14-19(29-7)15-21(22)31-9/h13-15,17-18,24H,1-12H3/b16-13-/t17-,18?,24+/m1/s1. The van der Waals surface area contributed by atoms with Crippen LogP contribution in [0.1, 0.15) is 51.9 Å². The Hall–Kier alpha value is -1.84. The predicted octanol–water partition coefficient (Wildman–Crippen LogP) is 5.30. The smallest absolute Gasteiger partial charge is 0.192 e. The van der Waals surface area contributed by atoms with Gasteiger partial charge in [0.1, 0.15) is 22.8 Å². The summed E-state index contributed by atoms with van der Waals surface area (Å²) in [6.07, 6.45) is 2.26. The van der Waals surface area contributed by atoms with Crippen LogP contribution in [0.2, 0.25) is 18.1 Å². The molecular formula is C25H42O7SSi. The number of Topliss-reactive ketones (excluding diaryl/α,β-unsaturated/α-hetero) is 1. The Balaban J connectivity index is 3.65. The van der Waals surface area contributed by atoms with E-state index in [1.165, 1.54) is 27.6 Å². The number of sulfone groups is 1. The Morgan fingerprint density at radius 1 is 1.00 bits per heavy atom. The van der Waals surface area contributed by atoms with Gasteiger partial charge in [-0.05, 0) is 37.6 Å². The summed E-state index contributed by atoms with van der Waals surface area (Å²) in [6.45, 7) is 15.8. The van der Waals surface area contributed by atoms with Crippen molar-refractivity contribution in [3.63, 3.8) is 0 Å². The zero-order valence-electron chi connectivity index (χ0n) is 22.7. The first-order valence-corrected chi connectivity index (χ1v) is 16.2. The maximum Gasteiger partial charge on any atom is 0.192 e. The Labute approximate surface area is 206 Å². The molecule has 0 fully saturated rings. The van der Waals surface area contributed by atoms with Crippen LogP contribution in [0, 0.1) is 5.92 Å². The van der Waals surface area contributed by atoms with Gasteiger partial charge in [-0.3, -0.25) is 4.79 Å². The maximum atomic E-state index is 13.9. The molecule has 0 N–H and O–H groups in total. The predicted molar refractivity (Wildman–Crippen MR) is 140 cm³/mol. The van der Waals surface area contributed by atoms with E-state index in [0.29, 0.717) is 28.4 Å². The van der Waals surface area contributed by atoms with Crippen molar-refractivity contribution in [2.75, 3.05) is 27.6 Å². The van der Waals surface area contributed by atoms with Gasteiger partial charge in [-0.25, -0.2) is 8.42 Å². The van der Waals surface area contributed by atoms with E-state index < -0.39 is 35.4 Å². The summed E-state index contributed by atoms with van der Waals surface area (Å²) in [5.41, 5.74) is 1.00. The van der Waals surface area contributed by atoms with Crippen molar-refractivity contribution in [2.45, 2.75) is 71.0 Å². The minimum absolute atomic E-state index is 0.105. The highest BCUT2D eigenvalue weighted by Gasteiger charge is 2.42. The summed E-state index contributed by atoms with van der Waals surface area (Å²) in [5, 5.41) is -0.808. The fourth-order valence-corrected chi connectivity index (χ4v) is 5.13. The van der Waals surface area contributed by atoms with E-state index in [1.807, 2.05) is 6.92 Å². The van der Waals surface area contributed by atoms with Crippen LogP contribution in [-0.4, -0.2) is 61.5 Å². The third-order valence-corrected chi connectivity index (χ3v) is 12.6. The zero-order chi connectivity index (χ0) is 26.6. The quantitative estimate of drug-likeness (QED) is 0.225. The van der Waals surface area contributed by atoms with E-state index in [9.17, 15) is 13.2 Å². The Kier molecular flexibility index (Phi) is 10.0. The molecule has 0 aliphatic heterocycles. The minimum atomic E-state index is -3.29. The van der Waals surface area contributed by atoms with Crippen LogP contribution < -0.4 is 14.2 Å². The Bertz CT molecular complexity index is 982. The normalized spacial score (nSPS) is 15.9. The molecule has 1 rings (SSSR count). The average molecular weight is 515 g/mol. The average Bonchev–Trinajstić information content (AvgIpc) is 2.73. The number of carbonyl (C=O) groups excluding carboxylic acids is 1. The molecule has 0 heterocycles. The van der Waals surface area contributed by atoms with Gasteiger partial charge in [0.25, 0.3) is 0 Å². The molecule has 0 bridgehead atoms. The fourth-order valence-electron chi connectivity index (χ4n) is 3.29. The van der Waals surface area contributed by atoms with Crippen LogP contribution in [0.15, 0.2) is 23.8 Å². The van der Waals surface area contributed by atoms with E-state index >= 15 is 0 Å². The van der Waals surface area contributed by atoms with Crippen molar-refractivity contribution in [1.82, 2.24) is 0 Å². The Morgan fingerprint density at radius 3 is 1.82 bits per heavy atom. The number of benzene rings is 1. The molecule has 0 amide bonds. The molecule has 0 aliphatic carbocycles. The molecule has 9 heteroatoms. The molecule has 1 aromatic carbocycles. The van der Waals surface area contributed by atoms with Crippen molar-refractivity contribution < 1.29 is 31.8 Å². The number of hydrogen-bond donors (Lipinski definition) is 0. The SMILES string of the molecule is COc1cc(OC)c(C(=O)C(C)[C@@H](O[Si](C)(C)C(C)(C)C)/C(C)=C\[C@@H](C)S(C)(=O)=O)c(OC)c1. The van der Waals surface area contributed by atoms with Gasteiger partial charge in [0.15, 0.2) is 23.9 Å². The van der Waals surface area contributed by atoms with E-state index in [4.69, 9.17) is 18.6 Å². The van der Waals surface area contributed by atoms with Crippen LogP contribution in [0.25, 0.3) is 0 Å². The van der Waals surface area contributed by atoms with Gasteiger partial charge in [-0.1, -0.05) is 33.8 Å². The third kappa shape index (κ3) is 7.08. The summed E-state index contributed by atoms with van der Waals surface area (Å²) in [4.78, 5) is 13.9. The lowest BCUT2D eigenvalue weighted by atomic mass is 9.89. The topological polar surface area (TPSA) is 88.1 Å². The summed E-state index contributed by atoms with van der Waals surface area (Å²) in [5.74, 6) is 0.328. The molecule has 0 aliphatic rings. The van der Waals surface area contributed by atoms with Gasteiger partial charge >= 0.3 is 0 Å². The van der Waals surface area contributed by atoms with E-state index in [1.54, 1.807) is 32.1 Å². The van der Waals surface area contributed by atoms with Gasteiger partial charge in [-0.15, -0.1) is 0 Å². The number of ketones is 1. The molecule has 0 spiro atoms. The molecule has 194 valence electrons. The molecule has 0 radical (unpaired) electrons. The maximum absolute atomic E-state index is 13.9. The van der Waals surface area contributed by atoms with Crippen molar-refractivity contribution in [3.8, 4) is 17.2 Å². The van der Waals surface area contributed by atoms with Crippen molar-refractivity contribution in [3.05, 3.63) is 29.3 Å². The highest BCUT2D eigenvalue weighted by molar-refractivity contribution is 7.91. The van der Waals surface area contributed by atoms with Gasteiger partial charge in [0, 0.05) is 24.3 Å². The van der Waals surface area contributed by atoms with Gasteiger partial charge in [0.05, 0.1) is 32.7 Å². The molecule has 0 aromatic heterocycles. The van der Waals surface area contributed by atoms with Crippen molar-refractivity contribution in [1.29, 1.82) is 0 Å². The summed E-state index contributed by atoms with van der Waals surface area (Å²) in [7, 11) is -1.12. The van der Waals surface area contributed by atoms with Crippen LogP contribution in [0.5, 0.6) is 17.2 Å². The lowest BCUT2D eigenvalue weighted by molar-refractivity contribution is 0.0796. The first-order chi connectivity index (χ1) is 15.4. The van der Waals surface area contributed by atoms with Crippen LogP contribution in [0.3, 0.4) is 0 Å². The summed E-state index contributed by atoms with van der Waals surface area (Å²) >= 11 is 0. The highest BCUT2D eigenvalue weighted by atomic mass is 32.2. The zero-order valence-corrected chi connectivity index (χ0v) is 24.5. The Morgan fingerprint density at radius 2 is 1.47 bits per heavy atom. The second-order valence-corrected chi connectivity index (χ2v) is 17.5. The first kappa shape index (κ1) is 30.2. The molecule has 1 aromatic rings. The minimum Gasteiger partial charge on any atom is -0.496 e. The van der Waals surface area contributed by atoms with Gasteiger partial charge in [-0.2, -0.15) is 0 Å². The third-order valence-electron chi connectivity index (χ3n) is 6.68. The molecule has 0 saturated carbocycles. The number of rotatable bonds is 11. The number of carbonyl (C=O) groups is 1. The molecule has 3 atom stereocenters. The second-order valence-electron chi connectivity index (χ2n) is 10.3. The van der Waals surface area contributed by atoms with Gasteiger partial charge < -0.3 is 18.6 Å². The molecule has 7 nitrogen and oxygen atoms in total. The van der Waals surface area contributed by atoms with Crippen molar-refractivity contribution in [2.24, 2.45) is 5.92 Å². The van der Waals surface area contributed by atoms with Crippen LogP contribution in [0.4, 0.5) is 0 Å². The summed E-state index contributed by atoms with van der Waals surface area (Å²) < 4.78 is 47.2. The number of hydrogen-bond acceptors (Lipinski definition) is 7. The second kappa shape index (κ2) is 11.3. The largest absolute Gasteiger partial charge is 0.496 e. The lowest BCUT2D eigenvalue weighted by Crippen LogP contribution is -2.47. The lowest BCUT2D eigenvalue weighted by Gasteiger charge is -2.41. The summed E-state index contributed by atoms with van der Waals surface area (Å²) in [6, 6.07) is 3.28. The molecule has 34 heavy (non-hydrogen) atoms.